The van der Waals surface area contributed by atoms with Crippen molar-refractivity contribution in [1.82, 2.24) is 15.1 Å². The number of likely N-dealkylation sites (tertiary alicyclic amines) is 1. The van der Waals surface area contributed by atoms with Crippen LogP contribution in [0.15, 0.2) is 0 Å². The van der Waals surface area contributed by atoms with Crippen LogP contribution in [0.4, 0.5) is 5.13 Å². The van der Waals surface area contributed by atoms with Gasteiger partial charge < -0.3 is 5.32 Å². The van der Waals surface area contributed by atoms with Crippen LogP contribution in [0.2, 0.25) is 0 Å². The minimum Gasteiger partial charge on any atom is -0.360 e. The summed E-state index contributed by atoms with van der Waals surface area (Å²) in [4.78, 5) is 2.56. The first kappa shape index (κ1) is 13.7. The molecule has 4 nitrogen and oxygen atoms in total. The van der Waals surface area contributed by atoms with Crippen molar-refractivity contribution in [3.8, 4) is 0 Å². The maximum absolute atomic E-state index is 4.30. The van der Waals surface area contributed by atoms with Crippen LogP contribution in [-0.4, -0.2) is 33.7 Å². The van der Waals surface area contributed by atoms with Gasteiger partial charge in [-0.2, -0.15) is 0 Å². The molecular weight excluding hydrogens is 244 g/mol. The van der Waals surface area contributed by atoms with Crippen molar-refractivity contribution in [2.24, 2.45) is 0 Å². The zero-order valence-electron chi connectivity index (χ0n) is 11.6. The SMILES string of the molecule is CCCNc1nnc(CN2C(C)CCCC2C)s1. The molecule has 5 heteroatoms. The van der Waals surface area contributed by atoms with Crippen LogP contribution in [0.25, 0.3) is 0 Å². The second-order valence-electron chi connectivity index (χ2n) is 5.23. The summed E-state index contributed by atoms with van der Waals surface area (Å²) in [5.74, 6) is 0. The third-order valence-corrected chi connectivity index (χ3v) is 4.55. The van der Waals surface area contributed by atoms with Gasteiger partial charge in [-0.05, 0) is 33.1 Å². The van der Waals surface area contributed by atoms with Gasteiger partial charge in [0, 0.05) is 18.6 Å². The maximum atomic E-state index is 4.30. The lowest BCUT2D eigenvalue weighted by Crippen LogP contribution is -2.42. The van der Waals surface area contributed by atoms with E-state index in [1.165, 1.54) is 19.3 Å². The first-order valence-electron chi connectivity index (χ1n) is 7.02. The van der Waals surface area contributed by atoms with E-state index in [1.807, 2.05) is 0 Å². The summed E-state index contributed by atoms with van der Waals surface area (Å²) in [6.45, 7) is 8.74. The van der Waals surface area contributed by atoms with Crippen molar-refractivity contribution in [2.45, 2.75) is 65.1 Å². The topological polar surface area (TPSA) is 41.1 Å². The van der Waals surface area contributed by atoms with Crippen LogP contribution in [0.1, 0.15) is 51.5 Å². The molecule has 1 aromatic rings. The zero-order valence-corrected chi connectivity index (χ0v) is 12.5. The number of hydrogen-bond acceptors (Lipinski definition) is 5. The van der Waals surface area contributed by atoms with Gasteiger partial charge in [0.15, 0.2) is 0 Å². The Labute approximate surface area is 114 Å². The lowest BCUT2D eigenvalue weighted by molar-refractivity contribution is 0.0949. The highest BCUT2D eigenvalue weighted by Gasteiger charge is 2.25. The number of aromatic nitrogens is 2. The summed E-state index contributed by atoms with van der Waals surface area (Å²) >= 11 is 1.70. The summed E-state index contributed by atoms with van der Waals surface area (Å²) in [5, 5.41) is 13.9. The van der Waals surface area contributed by atoms with E-state index in [0.717, 1.165) is 29.6 Å². The molecule has 0 radical (unpaired) electrons. The van der Waals surface area contributed by atoms with Gasteiger partial charge in [0.25, 0.3) is 0 Å². The number of piperidine rings is 1. The van der Waals surface area contributed by atoms with Gasteiger partial charge in [0.1, 0.15) is 5.01 Å². The van der Waals surface area contributed by atoms with Gasteiger partial charge in [0.2, 0.25) is 5.13 Å². The Kier molecular flexibility index (Phi) is 4.95. The molecule has 1 fully saturated rings. The monoisotopic (exact) mass is 268 g/mol. The lowest BCUT2D eigenvalue weighted by atomic mass is 9.98. The van der Waals surface area contributed by atoms with Crippen LogP contribution in [0, 0.1) is 0 Å². The third-order valence-electron chi connectivity index (χ3n) is 3.69. The Morgan fingerprint density at radius 3 is 2.67 bits per heavy atom. The van der Waals surface area contributed by atoms with Crippen molar-refractivity contribution in [2.75, 3.05) is 11.9 Å². The number of anilines is 1. The van der Waals surface area contributed by atoms with Crippen LogP contribution in [0.3, 0.4) is 0 Å². The predicted octanol–water partition coefficient (Wildman–Crippen LogP) is 3.12. The number of hydrogen-bond donors (Lipinski definition) is 1. The van der Waals surface area contributed by atoms with Gasteiger partial charge in [-0.25, -0.2) is 0 Å². The molecule has 2 rings (SSSR count). The second kappa shape index (κ2) is 6.48. The van der Waals surface area contributed by atoms with E-state index in [4.69, 9.17) is 0 Å². The number of nitrogens with zero attached hydrogens (tertiary/aromatic N) is 3. The van der Waals surface area contributed by atoms with Gasteiger partial charge in [-0.1, -0.05) is 24.7 Å². The van der Waals surface area contributed by atoms with Gasteiger partial charge in [0.05, 0.1) is 6.54 Å². The second-order valence-corrected chi connectivity index (χ2v) is 6.29. The molecule has 1 aliphatic rings. The van der Waals surface area contributed by atoms with Gasteiger partial charge >= 0.3 is 0 Å². The molecule has 2 heterocycles. The molecule has 1 aliphatic heterocycles. The van der Waals surface area contributed by atoms with Crippen molar-refractivity contribution in [3.05, 3.63) is 5.01 Å². The van der Waals surface area contributed by atoms with Gasteiger partial charge in [-0.15, -0.1) is 10.2 Å². The quantitative estimate of drug-likeness (QED) is 0.891. The van der Waals surface area contributed by atoms with Gasteiger partial charge in [-0.3, -0.25) is 4.90 Å². The minimum absolute atomic E-state index is 0.671. The summed E-state index contributed by atoms with van der Waals surface area (Å²) < 4.78 is 0. The number of rotatable bonds is 5. The Morgan fingerprint density at radius 1 is 1.28 bits per heavy atom. The lowest BCUT2D eigenvalue weighted by Gasteiger charge is -2.38. The summed E-state index contributed by atoms with van der Waals surface area (Å²) in [6, 6.07) is 1.34. The smallest absolute Gasteiger partial charge is 0.205 e. The van der Waals surface area contributed by atoms with E-state index in [2.05, 4.69) is 41.2 Å². The van der Waals surface area contributed by atoms with E-state index in [9.17, 15) is 0 Å². The predicted molar refractivity (Wildman–Crippen MR) is 77.0 cm³/mol. The summed E-state index contributed by atoms with van der Waals surface area (Å²) in [6.07, 6.45) is 5.10. The standard InChI is InChI=1S/C13H24N4S/c1-4-8-14-13-16-15-12(18-13)9-17-10(2)6-5-7-11(17)3/h10-11H,4-9H2,1-3H3,(H,14,16). The molecule has 102 valence electrons. The first-order valence-corrected chi connectivity index (χ1v) is 7.84. The van der Waals surface area contributed by atoms with Crippen molar-refractivity contribution in [3.63, 3.8) is 0 Å². The average molecular weight is 268 g/mol. The van der Waals surface area contributed by atoms with E-state index in [-0.39, 0.29) is 0 Å². The van der Waals surface area contributed by atoms with E-state index in [0.29, 0.717) is 12.1 Å². The molecule has 1 saturated heterocycles. The Morgan fingerprint density at radius 2 is 2.00 bits per heavy atom. The maximum Gasteiger partial charge on any atom is 0.205 e. The molecular formula is C13H24N4S. The van der Waals surface area contributed by atoms with E-state index in [1.54, 1.807) is 11.3 Å². The van der Waals surface area contributed by atoms with Crippen molar-refractivity contribution in [1.29, 1.82) is 0 Å². The molecule has 2 unspecified atom stereocenters. The van der Waals surface area contributed by atoms with Crippen LogP contribution >= 0.6 is 11.3 Å². The normalized spacial score (nSPS) is 25.3. The summed E-state index contributed by atoms with van der Waals surface area (Å²) in [7, 11) is 0. The molecule has 0 amide bonds. The molecule has 18 heavy (non-hydrogen) atoms. The Bertz CT molecular complexity index is 356. The molecule has 1 N–H and O–H groups in total. The Hall–Kier alpha value is -0.680. The Balaban J connectivity index is 1.93. The average Bonchev–Trinajstić information content (AvgIpc) is 2.79. The largest absolute Gasteiger partial charge is 0.360 e. The van der Waals surface area contributed by atoms with Crippen molar-refractivity contribution < 1.29 is 0 Å². The molecule has 1 aromatic heterocycles. The highest BCUT2D eigenvalue weighted by molar-refractivity contribution is 7.15. The van der Waals surface area contributed by atoms with E-state index < -0.39 is 0 Å². The molecule has 0 aliphatic carbocycles. The molecule has 0 bridgehead atoms. The highest BCUT2D eigenvalue weighted by Crippen LogP contribution is 2.26. The van der Waals surface area contributed by atoms with Crippen LogP contribution < -0.4 is 5.32 Å². The van der Waals surface area contributed by atoms with E-state index >= 15 is 0 Å². The fourth-order valence-electron chi connectivity index (χ4n) is 2.56. The zero-order chi connectivity index (χ0) is 13.0. The van der Waals surface area contributed by atoms with Crippen LogP contribution in [0.5, 0.6) is 0 Å². The third kappa shape index (κ3) is 3.42. The molecule has 0 aromatic carbocycles. The minimum atomic E-state index is 0.671. The molecule has 2 atom stereocenters. The first-order chi connectivity index (χ1) is 8.70. The summed E-state index contributed by atoms with van der Waals surface area (Å²) in [5.41, 5.74) is 0. The highest BCUT2D eigenvalue weighted by atomic mass is 32.1. The number of nitrogens with one attached hydrogen (secondary N) is 1. The van der Waals surface area contributed by atoms with Crippen molar-refractivity contribution >= 4 is 16.5 Å². The fourth-order valence-corrected chi connectivity index (χ4v) is 3.34. The fraction of sp³-hybridized carbons (Fsp3) is 0.846. The van der Waals surface area contributed by atoms with Crippen LogP contribution in [-0.2, 0) is 6.54 Å². The molecule has 0 saturated carbocycles. The molecule has 0 spiro atoms.